The number of nitrogens with zero attached hydrogens (tertiary/aromatic N) is 1. The number of hydrogen-bond donors (Lipinski definition) is 1. The number of hydrogen-bond acceptors (Lipinski definition) is 3. The van der Waals surface area contributed by atoms with E-state index in [0.717, 1.165) is 10.6 Å². The summed E-state index contributed by atoms with van der Waals surface area (Å²) in [6.07, 6.45) is 1.37. The third-order valence-corrected chi connectivity index (χ3v) is 3.57. The van der Waals surface area contributed by atoms with E-state index in [9.17, 15) is 9.59 Å². The standard InChI is InChI=1S/C12H11ClN2O2S/c13-10-8-15(12(17)14-11(10)16)6-7-18-9-4-2-1-3-5-9/h1-5,8H,6-7H2,(H,14,16,17). The van der Waals surface area contributed by atoms with Crippen LogP contribution in [0, 0.1) is 0 Å². The summed E-state index contributed by atoms with van der Waals surface area (Å²) in [5, 5.41) is 0.0271. The average molecular weight is 283 g/mol. The van der Waals surface area contributed by atoms with E-state index in [2.05, 4.69) is 4.98 Å². The molecule has 0 saturated carbocycles. The highest BCUT2D eigenvalue weighted by Crippen LogP contribution is 2.16. The number of aryl methyl sites for hydroxylation is 1. The smallest absolute Gasteiger partial charge is 0.298 e. The van der Waals surface area contributed by atoms with E-state index in [1.807, 2.05) is 30.3 Å². The Balaban J connectivity index is 2.01. The first-order chi connectivity index (χ1) is 8.66. The van der Waals surface area contributed by atoms with Gasteiger partial charge in [0.05, 0.1) is 0 Å². The molecule has 1 aromatic heterocycles. The van der Waals surface area contributed by atoms with Gasteiger partial charge in [0.2, 0.25) is 0 Å². The van der Waals surface area contributed by atoms with Gasteiger partial charge in [-0.2, -0.15) is 0 Å². The first-order valence-electron chi connectivity index (χ1n) is 5.34. The molecule has 0 saturated heterocycles. The monoisotopic (exact) mass is 282 g/mol. The van der Waals surface area contributed by atoms with Crippen molar-refractivity contribution in [2.45, 2.75) is 11.4 Å². The van der Waals surface area contributed by atoms with E-state index in [4.69, 9.17) is 11.6 Å². The predicted molar refractivity (Wildman–Crippen MR) is 73.5 cm³/mol. The van der Waals surface area contributed by atoms with Crippen LogP contribution in [0.4, 0.5) is 0 Å². The van der Waals surface area contributed by atoms with Crippen molar-refractivity contribution in [3.63, 3.8) is 0 Å². The molecule has 0 bridgehead atoms. The van der Waals surface area contributed by atoms with Gasteiger partial charge in [-0.1, -0.05) is 29.8 Å². The van der Waals surface area contributed by atoms with Crippen LogP contribution in [0.1, 0.15) is 0 Å². The SMILES string of the molecule is O=c1[nH]c(=O)n(CCSc2ccccc2)cc1Cl. The quantitative estimate of drug-likeness (QED) is 0.873. The summed E-state index contributed by atoms with van der Waals surface area (Å²) in [6, 6.07) is 9.90. The van der Waals surface area contributed by atoms with Gasteiger partial charge in [0.1, 0.15) is 5.02 Å². The van der Waals surface area contributed by atoms with Crippen LogP contribution in [-0.4, -0.2) is 15.3 Å². The maximum atomic E-state index is 11.5. The normalized spacial score (nSPS) is 10.5. The lowest BCUT2D eigenvalue weighted by atomic mass is 10.4. The van der Waals surface area contributed by atoms with Crippen LogP contribution in [0.15, 0.2) is 51.0 Å². The fraction of sp³-hybridized carbons (Fsp3) is 0.167. The van der Waals surface area contributed by atoms with Crippen LogP contribution in [-0.2, 0) is 6.54 Å². The Hall–Kier alpha value is -1.46. The van der Waals surface area contributed by atoms with Crippen molar-refractivity contribution in [1.29, 1.82) is 0 Å². The number of rotatable bonds is 4. The summed E-state index contributed by atoms with van der Waals surface area (Å²) in [4.78, 5) is 25.9. The largest absolute Gasteiger partial charge is 0.328 e. The van der Waals surface area contributed by atoms with E-state index in [-0.39, 0.29) is 5.02 Å². The Kier molecular flexibility index (Phi) is 4.28. The molecule has 6 heteroatoms. The second-order valence-electron chi connectivity index (χ2n) is 3.59. The molecule has 4 nitrogen and oxygen atoms in total. The average Bonchev–Trinajstić information content (AvgIpc) is 2.37. The summed E-state index contributed by atoms with van der Waals surface area (Å²) in [5.41, 5.74) is -0.980. The maximum absolute atomic E-state index is 11.5. The summed E-state index contributed by atoms with van der Waals surface area (Å²) >= 11 is 7.31. The second-order valence-corrected chi connectivity index (χ2v) is 5.17. The molecule has 0 amide bonds. The molecular formula is C12H11ClN2O2S. The molecular weight excluding hydrogens is 272 g/mol. The number of aromatic nitrogens is 2. The molecule has 0 spiro atoms. The van der Waals surface area contributed by atoms with Gasteiger partial charge in [0.15, 0.2) is 0 Å². The van der Waals surface area contributed by atoms with E-state index in [1.165, 1.54) is 10.8 Å². The summed E-state index contributed by atoms with van der Waals surface area (Å²) in [7, 11) is 0. The zero-order valence-corrected chi connectivity index (χ0v) is 11.0. The van der Waals surface area contributed by atoms with Gasteiger partial charge in [0.25, 0.3) is 5.56 Å². The van der Waals surface area contributed by atoms with E-state index in [0.29, 0.717) is 6.54 Å². The fourth-order valence-electron chi connectivity index (χ4n) is 1.43. The first kappa shape index (κ1) is 13.0. The van der Waals surface area contributed by atoms with Gasteiger partial charge in [-0.25, -0.2) is 4.79 Å². The van der Waals surface area contributed by atoms with Crippen LogP contribution in [0.3, 0.4) is 0 Å². The molecule has 0 aliphatic rings. The lowest BCUT2D eigenvalue weighted by molar-refractivity contribution is 0.700. The van der Waals surface area contributed by atoms with Gasteiger partial charge in [-0.05, 0) is 12.1 Å². The number of thioether (sulfide) groups is 1. The van der Waals surface area contributed by atoms with Crippen molar-refractivity contribution in [2.75, 3.05) is 5.75 Å². The molecule has 2 aromatic rings. The topological polar surface area (TPSA) is 54.9 Å². The first-order valence-corrected chi connectivity index (χ1v) is 6.70. The number of halogens is 1. The van der Waals surface area contributed by atoms with Crippen LogP contribution in [0.5, 0.6) is 0 Å². The number of nitrogens with one attached hydrogen (secondary N) is 1. The highest BCUT2D eigenvalue weighted by Gasteiger charge is 2.02. The Morgan fingerprint density at radius 3 is 2.67 bits per heavy atom. The molecule has 18 heavy (non-hydrogen) atoms. The third-order valence-electron chi connectivity index (χ3n) is 2.31. The Morgan fingerprint density at radius 1 is 1.22 bits per heavy atom. The molecule has 1 heterocycles. The highest BCUT2D eigenvalue weighted by atomic mass is 35.5. The molecule has 2 rings (SSSR count). The molecule has 0 aliphatic carbocycles. The fourth-order valence-corrected chi connectivity index (χ4v) is 2.47. The van der Waals surface area contributed by atoms with Gasteiger partial charge in [-0.15, -0.1) is 11.8 Å². The maximum Gasteiger partial charge on any atom is 0.328 e. The molecule has 0 radical (unpaired) electrons. The Labute approximate surface area is 113 Å². The molecule has 0 unspecified atom stereocenters. The molecule has 94 valence electrons. The number of aromatic amines is 1. The second kappa shape index (κ2) is 5.93. The summed E-state index contributed by atoms with van der Waals surface area (Å²) < 4.78 is 1.40. The third kappa shape index (κ3) is 3.27. The lowest BCUT2D eigenvalue weighted by Crippen LogP contribution is -2.30. The molecule has 0 aliphatic heterocycles. The van der Waals surface area contributed by atoms with E-state index >= 15 is 0 Å². The lowest BCUT2D eigenvalue weighted by Gasteiger charge is -2.05. The zero-order valence-electron chi connectivity index (χ0n) is 9.43. The van der Waals surface area contributed by atoms with E-state index in [1.54, 1.807) is 11.8 Å². The van der Waals surface area contributed by atoms with E-state index < -0.39 is 11.2 Å². The van der Waals surface area contributed by atoms with Crippen LogP contribution < -0.4 is 11.2 Å². The Morgan fingerprint density at radius 2 is 1.94 bits per heavy atom. The van der Waals surface area contributed by atoms with Gasteiger partial charge < -0.3 is 0 Å². The minimum atomic E-state index is -0.548. The number of H-pyrrole nitrogens is 1. The zero-order chi connectivity index (χ0) is 13.0. The van der Waals surface area contributed by atoms with Crippen molar-refractivity contribution in [3.8, 4) is 0 Å². The number of benzene rings is 1. The van der Waals surface area contributed by atoms with Crippen molar-refractivity contribution >= 4 is 23.4 Å². The van der Waals surface area contributed by atoms with Gasteiger partial charge in [-0.3, -0.25) is 14.3 Å². The van der Waals surface area contributed by atoms with Crippen LogP contribution >= 0.6 is 23.4 Å². The van der Waals surface area contributed by atoms with Crippen molar-refractivity contribution in [1.82, 2.24) is 9.55 Å². The minimum absolute atomic E-state index is 0.0271. The van der Waals surface area contributed by atoms with Crippen molar-refractivity contribution < 1.29 is 0 Å². The highest BCUT2D eigenvalue weighted by molar-refractivity contribution is 7.99. The van der Waals surface area contributed by atoms with Crippen molar-refractivity contribution in [3.05, 3.63) is 62.4 Å². The molecule has 0 atom stereocenters. The molecule has 1 aromatic carbocycles. The molecule has 0 fully saturated rings. The predicted octanol–water partition coefficient (Wildman–Crippen LogP) is 1.98. The minimum Gasteiger partial charge on any atom is -0.298 e. The van der Waals surface area contributed by atoms with Gasteiger partial charge >= 0.3 is 5.69 Å². The Bertz CT molecular complexity index is 637. The summed E-state index contributed by atoms with van der Waals surface area (Å²) in [6.45, 7) is 0.495. The molecule has 1 N–H and O–H groups in total. The van der Waals surface area contributed by atoms with Crippen LogP contribution in [0.2, 0.25) is 5.02 Å². The van der Waals surface area contributed by atoms with Crippen molar-refractivity contribution in [2.24, 2.45) is 0 Å². The van der Waals surface area contributed by atoms with Gasteiger partial charge in [0, 0.05) is 23.4 Å². The summed E-state index contributed by atoms with van der Waals surface area (Å²) in [5.74, 6) is 0.728. The van der Waals surface area contributed by atoms with Crippen LogP contribution in [0.25, 0.3) is 0 Å².